The first-order chi connectivity index (χ1) is 11.5. The quantitative estimate of drug-likeness (QED) is 0.779. The third-order valence-electron chi connectivity index (χ3n) is 4.05. The molecule has 24 heavy (non-hydrogen) atoms. The lowest BCUT2D eigenvalue weighted by molar-refractivity contribution is 0.0686. The van der Waals surface area contributed by atoms with Crippen LogP contribution in [-0.2, 0) is 12.8 Å². The van der Waals surface area contributed by atoms with Crippen molar-refractivity contribution in [2.75, 3.05) is 5.32 Å². The van der Waals surface area contributed by atoms with E-state index in [1.165, 1.54) is 6.07 Å². The van der Waals surface area contributed by atoms with Gasteiger partial charge in [-0.15, -0.1) is 0 Å². The molecule has 1 aliphatic rings. The van der Waals surface area contributed by atoms with Gasteiger partial charge in [-0.1, -0.05) is 0 Å². The number of rotatable bonds is 4. The Bertz CT molecular complexity index is 811. The number of nitrogens with zero attached hydrogens (tertiary/aromatic N) is 2. The minimum Gasteiger partial charge on any atom is -0.478 e. The fourth-order valence-electron chi connectivity index (χ4n) is 3.04. The minimum absolute atomic E-state index is 0.106. The normalized spacial score (nSPS) is 16.3. The summed E-state index contributed by atoms with van der Waals surface area (Å²) >= 11 is 0. The molecule has 4 N–H and O–H groups in total. The molecule has 0 saturated carbocycles. The number of nitrogens with two attached hydrogens (primary N) is 1. The van der Waals surface area contributed by atoms with Gasteiger partial charge in [-0.3, -0.25) is 4.79 Å². The third kappa shape index (κ3) is 2.90. The summed E-state index contributed by atoms with van der Waals surface area (Å²) < 4.78 is 14.1. The first-order valence-electron chi connectivity index (χ1n) is 7.38. The number of carbonyl (C=O) groups is 2. The van der Waals surface area contributed by atoms with Gasteiger partial charge in [-0.25, -0.2) is 19.2 Å². The molecule has 124 valence electrons. The van der Waals surface area contributed by atoms with E-state index in [-0.39, 0.29) is 11.6 Å². The lowest BCUT2D eigenvalue weighted by atomic mass is 9.83. The summed E-state index contributed by atoms with van der Waals surface area (Å²) in [7, 11) is 0. The van der Waals surface area contributed by atoms with Crippen LogP contribution in [0.25, 0.3) is 0 Å². The zero-order valence-electron chi connectivity index (χ0n) is 12.6. The van der Waals surface area contributed by atoms with E-state index in [2.05, 4.69) is 15.3 Å². The first-order valence-corrected chi connectivity index (χ1v) is 7.38. The van der Waals surface area contributed by atoms with E-state index in [1.807, 2.05) is 0 Å². The van der Waals surface area contributed by atoms with Crippen LogP contribution in [-0.4, -0.2) is 33.0 Å². The lowest BCUT2D eigenvalue weighted by Gasteiger charge is -2.27. The Kier molecular flexibility index (Phi) is 4.11. The minimum atomic E-state index is -1.51. The number of primary amides is 1. The summed E-state index contributed by atoms with van der Waals surface area (Å²) in [6.07, 6.45) is 4.70. The molecular weight excluding hydrogens is 315 g/mol. The monoisotopic (exact) mass is 330 g/mol. The number of hydrogen-bond acceptors (Lipinski definition) is 5. The van der Waals surface area contributed by atoms with Crippen LogP contribution in [0.1, 0.15) is 38.3 Å². The molecule has 1 amide bonds. The number of aromatic nitrogens is 2. The predicted molar refractivity (Wildman–Crippen MR) is 83.3 cm³/mol. The summed E-state index contributed by atoms with van der Waals surface area (Å²) in [5.41, 5.74) is 5.49. The van der Waals surface area contributed by atoms with Gasteiger partial charge in [0, 0.05) is 18.4 Å². The Hall–Kier alpha value is -3.03. The average molecular weight is 330 g/mol. The van der Waals surface area contributed by atoms with Crippen LogP contribution in [0.4, 0.5) is 10.3 Å². The van der Waals surface area contributed by atoms with Crippen LogP contribution in [0.5, 0.6) is 0 Å². The number of aryl methyl sites for hydroxylation is 1. The highest BCUT2D eigenvalue weighted by Gasteiger charge is 2.30. The van der Waals surface area contributed by atoms with Crippen molar-refractivity contribution in [1.29, 1.82) is 0 Å². The van der Waals surface area contributed by atoms with Crippen molar-refractivity contribution in [3.63, 3.8) is 0 Å². The Labute approximate surface area is 136 Å². The number of aromatic carboxylic acids is 1. The molecule has 1 atom stereocenters. The number of nitrogens with one attached hydrogen (secondary N) is 1. The molecule has 0 radical (unpaired) electrons. The molecule has 1 aliphatic carbocycles. The Morgan fingerprint density at radius 3 is 2.62 bits per heavy atom. The maximum Gasteiger partial charge on any atom is 0.339 e. The van der Waals surface area contributed by atoms with Crippen molar-refractivity contribution in [3.05, 3.63) is 52.6 Å². The molecule has 0 aliphatic heterocycles. The van der Waals surface area contributed by atoms with Crippen LogP contribution < -0.4 is 11.1 Å². The van der Waals surface area contributed by atoms with Gasteiger partial charge in [-0.05, 0) is 42.5 Å². The Balaban J connectivity index is 1.99. The predicted octanol–water partition coefficient (Wildman–Crippen LogP) is 1.38. The van der Waals surface area contributed by atoms with E-state index in [1.54, 1.807) is 18.5 Å². The van der Waals surface area contributed by atoms with Crippen LogP contribution in [0.3, 0.4) is 0 Å². The van der Waals surface area contributed by atoms with Crippen LogP contribution >= 0.6 is 0 Å². The maximum atomic E-state index is 14.1. The zero-order valence-corrected chi connectivity index (χ0v) is 12.6. The molecule has 2 aromatic rings. The summed E-state index contributed by atoms with van der Waals surface area (Å²) in [6.45, 7) is 0. The fourth-order valence-corrected chi connectivity index (χ4v) is 3.04. The van der Waals surface area contributed by atoms with Crippen molar-refractivity contribution >= 4 is 17.8 Å². The van der Waals surface area contributed by atoms with Crippen molar-refractivity contribution in [2.45, 2.75) is 25.3 Å². The van der Waals surface area contributed by atoms with E-state index in [9.17, 15) is 19.1 Å². The average Bonchev–Trinajstić information content (AvgIpc) is 2.54. The largest absolute Gasteiger partial charge is 0.478 e. The second-order valence-electron chi connectivity index (χ2n) is 5.57. The van der Waals surface area contributed by atoms with E-state index >= 15 is 0 Å². The Morgan fingerprint density at radius 1 is 1.29 bits per heavy atom. The number of anilines is 1. The smallest absolute Gasteiger partial charge is 0.339 e. The molecule has 7 nitrogen and oxygen atoms in total. The van der Waals surface area contributed by atoms with Crippen LogP contribution in [0.2, 0.25) is 0 Å². The van der Waals surface area contributed by atoms with Gasteiger partial charge in [0.25, 0.3) is 0 Å². The molecule has 1 heterocycles. The molecule has 1 unspecified atom stereocenters. The van der Waals surface area contributed by atoms with E-state index < -0.39 is 23.3 Å². The molecule has 8 heteroatoms. The standard InChI is InChI=1S/C16H15FN4O3/c17-11-6-8-2-3-9(21-16-19-4-1-5-20-16)7-10(8)12(14(18)22)13(11)15(23)24/h1,4-6,9H,2-3,7H2,(H2,18,22)(H,23,24)(H,19,20,21). The molecule has 0 saturated heterocycles. The van der Waals surface area contributed by atoms with Gasteiger partial charge in [0.1, 0.15) is 11.4 Å². The van der Waals surface area contributed by atoms with Crippen LogP contribution in [0, 0.1) is 5.82 Å². The van der Waals surface area contributed by atoms with Gasteiger partial charge in [0.05, 0.1) is 5.56 Å². The second kappa shape index (κ2) is 6.23. The number of carbonyl (C=O) groups excluding carboxylic acids is 1. The van der Waals surface area contributed by atoms with Gasteiger partial charge in [0.2, 0.25) is 11.9 Å². The number of halogens is 1. The molecular formula is C16H15FN4O3. The summed E-state index contributed by atoms with van der Waals surface area (Å²) in [6, 6.07) is 2.76. The molecule has 1 aromatic carbocycles. The van der Waals surface area contributed by atoms with Gasteiger partial charge in [0.15, 0.2) is 0 Å². The zero-order chi connectivity index (χ0) is 17.3. The van der Waals surface area contributed by atoms with Crippen molar-refractivity contribution in [3.8, 4) is 0 Å². The van der Waals surface area contributed by atoms with Gasteiger partial charge < -0.3 is 16.2 Å². The Morgan fingerprint density at radius 2 is 2.00 bits per heavy atom. The number of hydrogen-bond donors (Lipinski definition) is 3. The SMILES string of the molecule is NC(=O)c1c2c(cc(F)c1C(=O)O)CCC(Nc1ncccn1)C2. The first kappa shape index (κ1) is 15.9. The molecule has 0 bridgehead atoms. The number of carboxylic acids is 1. The van der Waals surface area contributed by atoms with Crippen molar-refractivity contribution < 1.29 is 19.1 Å². The van der Waals surface area contributed by atoms with E-state index in [0.717, 1.165) is 0 Å². The van der Waals surface area contributed by atoms with Crippen molar-refractivity contribution in [1.82, 2.24) is 9.97 Å². The highest BCUT2D eigenvalue weighted by atomic mass is 19.1. The van der Waals surface area contributed by atoms with E-state index in [0.29, 0.717) is 36.3 Å². The van der Waals surface area contributed by atoms with Gasteiger partial charge in [-0.2, -0.15) is 0 Å². The molecule has 3 rings (SSSR count). The summed E-state index contributed by atoms with van der Waals surface area (Å²) in [4.78, 5) is 31.2. The molecule has 0 spiro atoms. The molecule has 0 fully saturated rings. The maximum absolute atomic E-state index is 14.1. The highest BCUT2D eigenvalue weighted by molar-refractivity contribution is 6.05. The van der Waals surface area contributed by atoms with Crippen molar-refractivity contribution in [2.24, 2.45) is 5.73 Å². The second-order valence-corrected chi connectivity index (χ2v) is 5.57. The molecule has 1 aromatic heterocycles. The summed E-state index contributed by atoms with van der Waals surface area (Å²) in [5.74, 6) is -2.95. The van der Waals surface area contributed by atoms with E-state index in [4.69, 9.17) is 5.73 Å². The van der Waals surface area contributed by atoms with Gasteiger partial charge >= 0.3 is 5.97 Å². The number of amides is 1. The topological polar surface area (TPSA) is 118 Å². The third-order valence-corrected chi connectivity index (χ3v) is 4.05. The number of fused-ring (bicyclic) bond motifs is 1. The number of carboxylic acid groups (broad SMARTS) is 1. The number of benzene rings is 1. The summed E-state index contributed by atoms with van der Waals surface area (Å²) in [5, 5.41) is 12.4. The lowest BCUT2D eigenvalue weighted by Crippen LogP contribution is -2.32. The highest BCUT2D eigenvalue weighted by Crippen LogP contribution is 2.30. The fraction of sp³-hybridized carbons (Fsp3) is 0.250. The van der Waals surface area contributed by atoms with Crippen LogP contribution in [0.15, 0.2) is 24.5 Å².